The first-order chi connectivity index (χ1) is 6.15. The summed E-state index contributed by atoms with van der Waals surface area (Å²) in [4.78, 5) is 11.2. The lowest BCUT2D eigenvalue weighted by atomic mass is 9.56. The van der Waals surface area contributed by atoms with Crippen molar-refractivity contribution >= 4 is 5.97 Å². The Morgan fingerprint density at radius 3 is 2.23 bits per heavy atom. The lowest BCUT2D eigenvalue weighted by molar-refractivity contribution is -0.164. The zero-order valence-corrected chi connectivity index (χ0v) is 8.25. The predicted molar refractivity (Wildman–Crippen MR) is 50.4 cm³/mol. The SMILES string of the molecule is CC1CC(C(=O)O)(C2CCCC2)C1. The van der Waals surface area contributed by atoms with Gasteiger partial charge >= 0.3 is 5.97 Å². The molecule has 74 valence electrons. The quantitative estimate of drug-likeness (QED) is 0.713. The van der Waals surface area contributed by atoms with Crippen molar-refractivity contribution in [2.75, 3.05) is 0 Å². The summed E-state index contributed by atoms with van der Waals surface area (Å²) in [7, 11) is 0. The Labute approximate surface area is 79.3 Å². The predicted octanol–water partition coefficient (Wildman–Crippen LogP) is 2.68. The summed E-state index contributed by atoms with van der Waals surface area (Å²) >= 11 is 0. The van der Waals surface area contributed by atoms with Crippen LogP contribution in [0.4, 0.5) is 0 Å². The molecule has 0 amide bonds. The first kappa shape index (κ1) is 9.04. The summed E-state index contributed by atoms with van der Waals surface area (Å²) in [6.07, 6.45) is 6.64. The number of hydrogen-bond donors (Lipinski definition) is 1. The molecule has 2 nitrogen and oxygen atoms in total. The Morgan fingerprint density at radius 1 is 1.31 bits per heavy atom. The van der Waals surface area contributed by atoms with Gasteiger partial charge in [0.1, 0.15) is 0 Å². The van der Waals surface area contributed by atoms with Gasteiger partial charge < -0.3 is 5.11 Å². The average molecular weight is 182 g/mol. The van der Waals surface area contributed by atoms with E-state index in [1.54, 1.807) is 0 Å². The van der Waals surface area contributed by atoms with E-state index in [4.69, 9.17) is 0 Å². The van der Waals surface area contributed by atoms with Crippen LogP contribution in [0.15, 0.2) is 0 Å². The van der Waals surface area contributed by atoms with Crippen LogP contribution in [0, 0.1) is 17.3 Å². The first-order valence-electron chi connectivity index (χ1n) is 5.38. The second-order valence-corrected chi connectivity index (χ2v) is 4.96. The van der Waals surface area contributed by atoms with E-state index in [0.29, 0.717) is 11.8 Å². The molecule has 0 heterocycles. The normalized spacial score (nSPS) is 40.2. The largest absolute Gasteiger partial charge is 0.481 e. The highest BCUT2D eigenvalue weighted by molar-refractivity contribution is 5.76. The maximum atomic E-state index is 11.2. The molecular formula is C11H18O2. The van der Waals surface area contributed by atoms with Crippen molar-refractivity contribution in [1.29, 1.82) is 0 Å². The number of hydrogen-bond acceptors (Lipinski definition) is 1. The van der Waals surface area contributed by atoms with Crippen LogP contribution in [-0.2, 0) is 4.79 Å². The van der Waals surface area contributed by atoms with Gasteiger partial charge in [-0.3, -0.25) is 4.79 Å². The molecule has 0 aromatic rings. The van der Waals surface area contributed by atoms with Crippen molar-refractivity contribution in [3.8, 4) is 0 Å². The number of carbonyl (C=O) groups is 1. The lowest BCUT2D eigenvalue weighted by Crippen LogP contribution is -2.47. The molecule has 2 fully saturated rings. The highest BCUT2D eigenvalue weighted by atomic mass is 16.4. The van der Waals surface area contributed by atoms with Crippen LogP contribution in [0.3, 0.4) is 0 Å². The van der Waals surface area contributed by atoms with Crippen LogP contribution in [-0.4, -0.2) is 11.1 Å². The summed E-state index contributed by atoms with van der Waals surface area (Å²) in [6, 6.07) is 0. The first-order valence-corrected chi connectivity index (χ1v) is 5.38. The Bertz CT molecular complexity index is 210. The fourth-order valence-electron chi connectivity index (χ4n) is 3.34. The average Bonchev–Trinajstić information content (AvgIpc) is 2.49. The summed E-state index contributed by atoms with van der Waals surface area (Å²) in [5, 5.41) is 9.26. The number of carboxylic acid groups (broad SMARTS) is 1. The molecule has 0 spiro atoms. The second-order valence-electron chi connectivity index (χ2n) is 4.96. The third kappa shape index (κ3) is 1.27. The molecule has 0 aromatic heterocycles. The van der Waals surface area contributed by atoms with E-state index >= 15 is 0 Å². The molecule has 0 atom stereocenters. The zero-order chi connectivity index (χ0) is 9.47. The van der Waals surface area contributed by atoms with Crippen LogP contribution >= 0.6 is 0 Å². The molecule has 0 unspecified atom stereocenters. The van der Waals surface area contributed by atoms with Crippen LogP contribution in [0.25, 0.3) is 0 Å². The van der Waals surface area contributed by atoms with Gasteiger partial charge in [0.2, 0.25) is 0 Å². The van der Waals surface area contributed by atoms with E-state index in [9.17, 15) is 9.90 Å². The molecule has 2 rings (SSSR count). The highest BCUT2D eigenvalue weighted by Crippen LogP contribution is 2.55. The minimum atomic E-state index is -0.530. The molecule has 0 saturated heterocycles. The van der Waals surface area contributed by atoms with Gasteiger partial charge in [-0.25, -0.2) is 0 Å². The third-order valence-electron chi connectivity index (χ3n) is 3.99. The number of rotatable bonds is 2. The Balaban J connectivity index is 2.10. The summed E-state index contributed by atoms with van der Waals surface area (Å²) in [5.74, 6) is 0.593. The molecule has 0 bridgehead atoms. The van der Waals surface area contributed by atoms with Crippen molar-refractivity contribution in [3.05, 3.63) is 0 Å². The van der Waals surface area contributed by atoms with Crippen LogP contribution in [0.5, 0.6) is 0 Å². The fraction of sp³-hybridized carbons (Fsp3) is 0.909. The van der Waals surface area contributed by atoms with Crippen molar-refractivity contribution in [2.24, 2.45) is 17.3 Å². The minimum Gasteiger partial charge on any atom is -0.481 e. The summed E-state index contributed by atoms with van der Waals surface area (Å²) < 4.78 is 0. The molecule has 2 saturated carbocycles. The van der Waals surface area contributed by atoms with Gasteiger partial charge in [0, 0.05) is 0 Å². The van der Waals surface area contributed by atoms with Gasteiger partial charge in [-0.05, 0) is 37.5 Å². The fourth-order valence-corrected chi connectivity index (χ4v) is 3.34. The van der Waals surface area contributed by atoms with Gasteiger partial charge in [-0.1, -0.05) is 19.8 Å². The molecule has 1 N–H and O–H groups in total. The molecule has 0 radical (unpaired) electrons. The smallest absolute Gasteiger partial charge is 0.309 e. The van der Waals surface area contributed by atoms with Gasteiger partial charge in [0.25, 0.3) is 0 Å². The van der Waals surface area contributed by atoms with Crippen LogP contribution in [0.1, 0.15) is 45.4 Å². The Kier molecular flexibility index (Phi) is 2.09. The summed E-state index contributed by atoms with van der Waals surface area (Å²) in [5.41, 5.74) is -0.310. The molecule has 2 heteroatoms. The Morgan fingerprint density at radius 2 is 1.85 bits per heavy atom. The van der Waals surface area contributed by atoms with Crippen molar-refractivity contribution in [1.82, 2.24) is 0 Å². The molecule has 2 aliphatic carbocycles. The minimum absolute atomic E-state index is 0.310. The van der Waals surface area contributed by atoms with Crippen molar-refractivity contribution < 1.29 is 9.90 Å². The lowest BCUT2D eigenvalue weighted by Gasteiger charge is -2.47. The van der Waals surface area contributed by atoms with E-state index < -0.39 is 5.97 Å². The van der Waals surface area contributed by atoms with E-state index in [0.717, 1.165) is 25.7 Å². The highest BCUT2D eigenvalue weighted by Gasteiger charge is 2.53. The molecule has 0 aliphatic heterocycles. The monoisotopic (exact) mass is 182 g/mol. The molecule has 13 heavy (non-hydrogen) atoms. The van der Waals surface area contributed by atoms with Gasteiger partial charge in [0.15, 0.2) is 0 Å². The molecule has 2 aliphatic rings. The van der Waals surface area contributed by atoms with Crippen molar-refractivity contribution in [3.63, 3.8) is 0 Å². The van der Waals surface area contributed by atoms with E-state index in [-0.39, 0.29) is 5.41 Å². The van der Waals surface area contributed by atoms with E-state index in [1.807, 2.05) is 0 Å². The number of aliphatic carboxylic acids is 1. The molecule has 0 aromatic carbocycles. The molecular weight excluding hydrogens is 164 g/mol. The standard InChI is InChI=1S/C11H18O2/c1-8-6-11(7-8,10(12)13)9-4-2-3-5-9/h8-9H,2-7H2,1H3,(H,12,13). The maximum absolute atomic E-state index is 11.2. The van der Waals surface area contributed by atoms with E-state index in [2.05, 4.69) is 6.92 Å². The summed E-state index contributed by atoms with van der Waals surface area (Å²) in [6.45, 7) is 2.16. The zero-order valence-electron chi connectivity index (χ0n) is 8.25. The van der Waals surface area contributed by atoms with Crippen LogP contribution < -0.4 is 0 Å². The van der Waals surface area contributed by atoms with Gasteiger partial charge in [-0.2, -0.15) is 0 Å². The Hall–Kier alpha value is -0.530. The third-order valence-corrected chi connectivity index (χ3v) is 3.99. The van der Waals surface area contributed by atoms with Crippen LogP contribution in [0.2, 0.25) is 0 Å². The van der Waals surface area contributed by atoms with Gasteiger partial charge in [0.05, 0.1) is 5.41 Å². The second kappa shape index (κ2) is 3.00. The topological polar surface area (TPSA) is 37.3 Å². The van der Waals surface area contributed by atoms with Crippen molar-refractivity contribution in [2.45, 2.75) is 45.4 Å². The van der Waals surface area contributed by atoms with E-state index in [1.165, 1.54) is 12.8 Å². The van der Waals surface area contributed by atoms with Gasteiger partial charge in [-0.15, -0.1) is 0 Å². The number of carboxylic acids is 1. The maximum Gasteiger partial charge on any atom is 0.309 e.